The van der Waals surface area contributed by atoms with Crippen LogP contribution in [0, 0.1) is 6.92 Å². The molecule has 0 saturated carbocycles. The van der Waals surface area contributed by atoms with Crippen molar-refractivity contribution in [2.24, 2.45) is 0 Å². The van der Waals surface area contributed by atoms with Crippen LogP contribution < -0.4 is 10.6 Å². The van der Waals surface area contributed by atoms with Gasteiger partial charge in [-0.1, -0.05) is 13.8 Å². The molecule has 0 aliphatic carbocycles. The Hall–Kier alpha value is -1.36. The number of anilines is 2. The van der Waals surface area contributed by atoms with Gasteiger partial charge in [0.1, 0.15) is 5.82 Å². The monoisotopic (exact) mass is 238 g/mol. The van der Waals surface area contributed by atoms with E-state index in [1.54, 1.807) is 0 Å². The molecule has 0 aromatic carbocycles. The van der Waals surface area contributed by atoms with E-state index in [2.05, 4.69) is 27.5 Å². The minimum absolute atomic E-state index is 0.0447. The minimum atomic E-state index is 0.0447. The second kappa shape index (κ2) is 7.06. The number of hydrogen-bond donors (Lipinski definition) is 3. The molecule has 0 aliphatic heterocycles. The Bertz CT molecular complexity index is 339. The fourth-order valence-electron chi connectivity index (χ4n) is 1.44. The molecule has 5 heteroatoms. The Kier molecular flexibility index (Phi) is 5.69. The van der Waals surface area contributed by atoms with Crippen molar-refractivity contribution in [1.29, 1.82) is 0 Å². The van der Waals surface area contributed by atoms with Crippen LogP contribution in [-0.2, 0) is 0 Å². The SMILES string of the molecule is CCCNc1nc(C)cc(NC(CC)CO)n1. The van der Waals surface area contributed by atoms with E-state index in [9.17, 15) is 0 Å². The van der Waals surface area contributed by atoms with Gasteiger partial charge in [0.15, 0.2) is 0 Å². The Labute approximate surface area is 103 Å². The van der Waals surface area contributed by atoms with Gasteiger partial charge >= 0.3 is 0 Å². The molecule has 1 heterocycles. The first-order valence-electron chi connectivity index (χ1n) is 6.16. The van der Waals surface area contributed by atoms with Crippen molar-refractivity contribution in [2.45, 2.75) is 39.7 Å². The molecule has 0 aliphatic rings. The maximum Gasteiger partial charge on any atom is 0.224 e. The topological polar surface area (TPSA) is 70.1 Å². The van der Waals surface area contributed by atoms with Crippen LogP contribution in [0.25, 0.3) is 0 Å². The molecule has 1 unspecified atom stereocenters. The van der Waals surface area contributed by atoms with Gasteiger partial charge in [-0.25, -0.2) is 4.98 Å². The average Bonchev–Trinajstić information content (AvgIpc) is 2.32. The number of aliphatic hydroxyl groups is 1. The summed E-state index contributed by atoms with van der Waals surface area (Å²) in [6, 6.07) is 1.93. The summed E-state index contributed by atoms with van der Waals surface area (Å²) in [5.74, 6) is 1.40. The highest BCUT2D eigenvalue weighted by Crippen LogP contribution is 2.11. The van der Waals surface area contributed by atoms with Gasteiger partial charge in [0, 0.05) is 18.3 Å². The molecule has 0 fully saturated rings. The highest BCUT2D eigenvalue weighted by Gasteiger charge is 2.07. The number of aromatic nitrogens is 2. The van der Waals surface area contributed by atoms with Gasteiger partial charge in [-0.3, -0.25) is 0 Å². The normalized spacial score (nSPS) is 12.2. The summed E-state index contributed by atoms with van der Waals surface area (Å²) in [6.45, 7) is 7.03. The zero-order valence-corrected chi connectivity index (χ0v) is 10.8. The van der Waals surface area contributed by atoms with E-state index in [1.807, 2.05) is 19.9 Å². The number of nitrogens with one attached hydrogen (secondary N) is 2. The molecule has 1 aromatic rings. The lowest BCUT2D eigenvalue weighted by Gasteiger charge is -2.15. The van der Waals surface area contributed by atoms with Crippen molar-refractivity contribution in [3.05, 3.63) is 11.8 Å². The number of nitrogens with zero attached hydrogens (tertiary/aromatic N) is 2. The third kappa shape index (κ3) is 4.56. The van der Waals surface area contributed by atoms with Gasteiger partial charge in [0.25, 0.3) is 0 Å². The predicted octanol–water partition coefficient (Wildman–Crippen LogP) is 1.79. The van der Waals surface area contributed by atoms with Crippen molar-refractivity contribution in [3.63, 3.8) is 0 Å². The van der Waals surface area contributed by atoms with Gasteiger partial charge in [0.2, 0.25) is 5.95 Å². The zero-order chi connectivity index (χ0) is 12.7. The van der Waals surface area contributed by atoms with Crippen molar-refractivity contribution in [1.82, 2.24) is 9.97 Å². The number of hydrogen-bond acceptors (Lipinski definition) is 5. The van der Waals surface area contributed by atoms with Crippen molar-refractivity contribution in [3.8, 4) is 0 Å². The predicted molar refractivity (Wildman–Crippen MR) is 70.3 cm³/mol. The molecule has 0 spiro atoms. The number of rotatable bonds is 7. The minimum Gasteiger partial charge on any atom is -0.394 e. The standard InChI is InChI=1S/C12H22N4O/c1-4-6-13-12-14-9(3)7-11(16-12)15-10(5-2)8-17/h7,10,17H,4-6,8H2,1-3H3,(H2,13,14,15,16). The molecule has 17 heavy (non-hydrogen) atoms. The summed E-state index contributed by atoms with van der Waals surface area (Å²) < 4.78 is 0. The molecule has 1 rings (SSSR count). The molecule has 3 N–H and O–H groups in total. The van der Waals surface area contributed by atoms with E-state index >= 15 is 0 Å². The summed E-state index contributed by atoms with van der Waals surface area (Å²) in [7, 11) is 0. The van der Waals surface area contributed by atoms with Crippen LogP contribution in [0.1, 0.15) is 32.4 Å². The van der Waals surface area contributed by atoms with Crippen LogP contribution in [0.4, 0.5) is 11.8 Å². The lowest BCUT2D eigenvalue weighted by Crippen LogP contribution is -2.23. The molecule has 0 bridgehead atoms. The van der Waals surface area contributed by atoms with E-state index in [4.69, 9.17) is 5.11 Å². The fraction of sp³-hybridized carbons (Fsp3) is 0.667. The molecule has 96 valence electrons. The van der Waals surface area contributed by atoms with Gasteiger partial charge in [0.05, 0.1) is 12.6 Å². The fourth-order valence-corrected chi connectivity index (χ4v) is 1.44. The van der Waals surface area contributed by atoms with Gasteiger partial charge in [-0.05, 0) is 19.8 Å². The van der Waals surface area contributed by atoms with E-state index in [1.165, 1.54) is 0 Å². The van der Waals surface area contributed by atoms with Crippen molar-refractivity contribution < 1.29 is 5.11 Å². The maximum absolute atomic E-state index is 9.15. The van der Waals surface area contributed by atoms with Gasteiger partial charge < -0.3 is 15.7 Å². The Morgan fingerprint density at radius 1 is 1.35 bits per heavy atom. The Balaban J connectivity index is 2.74. The first-order valence-corrected chi connectivity index (χ1v) is 6.16. The van der Waals surface area contributed by atoms with Crippen LogP contribution >= 0.6 is 0 Å². The van der Waals surface area contributed by atoms with Crippen LogP contribution in [0.15, 0.2) is 6.07 Å². The second-order valence-electron chi connectivity index (χ2n) is 4.08. The quantitative estimate of drug-likeness (QED) is 0.675. The average molecular weight is 238 g/mol. The first kappa shape index (κ1) is 13.7. The molecule has 0 radical (unpaired) electrons. The van der Waals surface area contributed by atoms with Crippen LogP contribution in [0.3, 0.4) is 0 Å². The third-order valence-electron chi connectivity index (χ3n) is 2.45. The third-order valence-corrected chi connectivity index (χ3v) is 2.45. The zero-order valence-electron chi connectivity index (χ0n) is 10.8. The van der Waals surface area contributed by atoms with Crippen molar-refractivity contribution in [2.75, 3.05) is 23.8 Å². The second-order valence-corrected chi connectivity index (χ2v) is 4.08. The van der Waals surface area contributed by atoms with E-state index in [0.29, 0.717) is 5.95 Å². The molecule has 1 aromatic heterocycles. The van der Waals surface area contributed by atoms with Crippen LogP contribution in [-0.4, -0.2) is 34.3 Å². The largest absolute Gasteiger partial charge is 0.394 e. The summed E-state index contributed by atoms with van der Waals surface area (Å²) in [6.07, 6.45) is 1.89. The lowest BCUT2D eigenvalue weighted by atomic mass is 10.2. The number of aliphatic hydroxyl groups excluding tert-OH is 1. The molecule has 0 saturated heterocycles. The maximum atomic E-state index is 9.15. The molecule has 1 atom stereocenters. The van der Waals surface area contributed by atoms with Crippen LogP contribution in [0.5, 0.6) is 0 Å². The highest BCUT2D eigenvalue weighted by molar-refractivity contribution is 5.42. The lowest BCUT2D eigenvalue weighted by molar-refractivity contribution is 0.271. The summed E-state index contributed by atoms with van der Waals surface area (Å²) in [4.78, 5) is 8.67. The van der Waals surface area contributed by atoms with Crippen LogP contribution in [0.2, 0.25) is 0 Å². The molecular weight excluding hydrogens is 216 g/mol. The number of aryl methyl sites for hydroxylation is 1. The summed E-state index contributed by atoms with van der Waals surface area (Å²) in [5, 5.41) is 15.5. The summed E-state index contributed by atoms with van der Waals surface area (Å²) >= 11 is 0. The van der Waals surface area contributed by atoms with Gasteiger partial charge in [-0.15, -0.1) is 0 Å². The van der Waals surface area contributed by atoms with Gasteiger partial charge in [-0.2, -0.15) is 4.98 Å². The van der Waals surface area contributed by atoms with E-state index in [0.717, 1.165) is 30.9 Å². The van der Waals surface area contributed by atoms with E-state index < -0.39 is 0 Å². The van der Waals surface area contributed by atoms with Crippen molar-refractivity contribution >= 4 is 11.8 Å². The molecular formula is C12H22N4O. The first-order chi connectivity index (χ1) is 8.19. The summed E-state index contributed by atoms with van der Waals surface area (Å²) in [5.41, 5.74) is 0.911. The molecule has 5 nitrogen and oxygen atoms in total. The van der Waals surface area contributed by atoms with E-state index in [-0.39, 0.29) is 12.6 Å². The Morgan fingerprint density at radius 3 is 2.71 bits per heavy atom. The molecule has 0 amide bonds. The highest BCUT2D eigenvalue weighted by atomic mass is 16.3. The smallest absolute Gasteiger partial charge is 0.224 e. The Morgan fingerprint density at radius 2 is 2.12 bits per heavy atom.